The van der Waals surface area contributed by atoms with Crippen LogP contribution in [0.15, 0.2) is 34.8 Å². The van der Waals surface area contributed by atoms with Gasteiger partial charge in [-0.25, -0.2) is 0 Å². The first-order valence-electron chi connectivity index (χ1n) is 7.02. The molecule has 0 heterocycles. The van der Waals surface area contributed by atoms with Crippen molar-refractivity contribution in [2.24, 2.45) is 0 Å². The number of hydrogen-bond donors (Lipinski definition) is 0. The quantitative estimate of drug-likeness (QED) is 0.453. The third-order valence-corrected chi connectivity index (χ3v) is 3.55. The summed E-state index contributed by atoms with van der Waals surface area (Å²) >= 11 is 3.28. The molecule has 2 rings (SSSR count). The molecule has 0 aliphatic carbocycles. The predicted octanol–water partition coefficient (Wildman–Crippen LogP) is 3.64. The molecule has 2 aromatic carbocycles. The van der Waals surface area contributed by atoms with Gasteiger partial charge in [-0.05, 0) is 42.8 Å². The van der Waals surface area contributed by atoms with E-state index in [0.717, 1.165) is 0 Å². The van der Waals surface area contributed by atoms with Crippen LogP contribution in [0.3, 0.4) is 0 Å². The molecular weight excluding hydrogens is 376 g/mol. The lowest BCUT2D eigenvalue weighted by molar-refractivity contribution is -0.132. The number of carbonyl (C=O) groups excluding carboxylic acids is 3. The van der Waals surface area contributed by atoms with Crippen molar-refractivity contribution in [2.75, 3.05) is 0 Å². The monoisotopic (exact) mass is 389 g/mol. The normalized spacial score (nSPS) is 10.2. The zero-order valence-electron chi connectivity index (χ0n) is 13.3. The lowest BCUT2D eigenvalue weighted by atomic mass is 9.98. The molecule has 0 atom stereocenters. The molecule has 0 spiro atoms. The van der Waals surface area contributed by atoms with Crippen LogP contribution in [0, 0.1) is 13.0 Å². The molecular formula is C18H14BrO5. The zero-order valence-corrected chi connectivity index (χ0v) is 14.9. The molecule has 0 bridgehead atoms. The van der Waals surface area contributed by atoms with E-state index < -0.39 is 11.9 Å². The van der Waals surface area contributed by atoms with Gasteiger partial charge in [-0.1, -0.05) is 15.9 Å². The van der Waals surface area contributed by atoms with Crippen LogP contribution in [0.4, 0.5) is 0 Å². The third-order valence-electron chi connectivity index (χ3n) is 3.06. The molecule has 0 aromatic heterocycles. The summed E-state index contributed by atoms with van der Waals surface area (Å²) in [6.45, 7) is 4.24. The summed E-state index contributed by atoms with van der Waals surface area (Å²) in [5.74, 6) is -0.884. The molecule has 0 aliphatic heterocycles. The van der Waals surface area contributed by atoms with Gasteiger partial charge in [0, 0.05) is 30.0 Å². The van der Waals surface area contributed by atoms with Crippen molar-refractivity contribution in [2.45, 2.75) is 20.8 Å². The van der Waals surface area contributed by atoms with Crippen LogP contribution in [-0.2, 0) is 9.59 Å². The Kier molecular flexibility index (Phi) is 5.51. The number of ether oxygens (including phenoxy) is 2. The first-order chi connectivity index (χ1) is 11.3. The van der Waals surface area contributed by atoms with Gasteiger partial charge in [0.2, 0.25) is 0 Å². The van der Waals surface area contributed by atoms with Gasteiger partial charge in [-0.2, -0.15) is 0 Å². The maximum atomic E-state index is 12.8. The average Bonchev–Trinajstić information content (AvgIpc) is 2.45. The minimum absolute atomic E-state index is 0.172. The van der Waals surface area contributed by atoms with Gasteiger partial charge in [-0.3, -0.25) is 14.4 Å². The summed E-state index contributed by atoms with van der Waals surface area (Å²) < 4.78 is 10.7. The highest BCUT2D eigenvalue weighted by Gasteiger charge is 2.19. The fourth-order valence-electron chi connectivity index (χ4n) is 2.11. The molecule has 0 unspecified atom stereocenters. The maximum Gasteiger partial charge on any atom is 0.308 e. The van der Waals surface area contributed by atoms with Gasteiger partial charge in [-0.15, -0.1) is 0 Å². The van der Waals surface area contributed by atoms with E-state index in [2.05, 4.69) is 22.0 Å². The summed E-state index contributed by atoms with van der Waals surface area (Å²) in [7, 11) is 0. The van der Waals surface area contributed by atoms with E-state index in [4.69, 9.17) is 9.47 Å². The molecule has 123 valence electrons. The standard InChI is InChI=1S/C18H14BrO5/c1-10-8-14(23-11(2)20)5-7-15(10)18(22)16-6-4-13(19)9-17(16)24-12(3)21/h4-7,9H,1-3H3. The average molecular weight is 390 g/mol. The van der Waals surface area contributed by atoms with Crippen molar-refractivity contribution >= 4 is 33.7 Å². The van der Waals surface area contributed by atoms with Crippen LogP contribution in [0.2, 0.25) is 0 Å². The minimum atomic E-state index is -0.518. The molecule has 1 radical (unpaired) electrons. The Balaban J connectivity index is 2.42. The zero-order chi connectivity index (χ0) is 17.9. The fourth-order valence-corrected chi connectivity index (χ4v) is 2.45. The van der Waals surface area contributed by atoms with Crippen molar-refractivity contribution in [3.63, 3.8) is 0 Å². The smallest absolute Gasteiger partial charge is 0.308 e. The molecule has 0 aliphatic rings. The molecule has 5 nitrogen and oxygen atoms in total. The number of esters is 2. The fraction of sp³-hybridized carbons (Fsp3) is 0.167. The van der Waals surface area contributed by atoms with Gasteiger partial charge in [0.15, 0.2) is 5.78 Å². The summed E-state index contributed by atoms with van der Waals surface area (Å²) in [5, 5.41) is 0. The Morgan fingerprint density at radius 2 is 1.58 bits per heavy atom. The Hall–Kier alpha value is -2.47. The number of carbonyl (C=O) groups is 3. The second-order valence-corrected chi connectivity index (χ2v) is 5.93. The molecule has 24 heavy (non-hydrogen) atoms. The number of halogens is 1. The maximum absolute atomic E-state index is 12.8. The van der Waals surface area contributed by atoms with Crippen LogP contribution in [0.1, 0.15) is 35.3 Å². The van der Waals surface area contributed by atoms with E-state index in [1.54, 1.807) is 31.2 Å². The lowest BCUT2D eigenvalue weighted by Gasteiger charge is -2.11. The number of rotatable bonds is 4. The number of ketones is 1. The van der Waals surface area contributed by atoms with Crippen LogP contribution >= 0.6 is 15.9 Å². The van der Waals surface area contributed by atoms with Gasteiger partial charge < -0.3 is 9.47 Å². The van der Waals surface area contributed by atoms with E-state index in [1.165, 1.54) is 19.9 Å². The van der Waals surface area contributed by atoms with Crippen LogP contribution < -0.4 is 9.47 Å². The molecule has 0 saturated carbocycles. The predicted molar refractivity (Wildman–Crippen MR) is 90.2 cm³/mol. The van der Waals surface area contributed by atoms with Crippen LogP contribution in [0.25, 0.3) is 0 Å². The summed E-state index contributed by atoms with van der Waals surface area (Å²) in [6.07, 6.45) is 0. The molecule has 0 amide bonds. The van der Waals surface area contributed by atoms with Crippen molar-refractivity contribution in [1.82, 2.24) is 0 Å². The number of aryl methyl sites for hydroxylation is 1. The first-order valence-corrected chi connectivity index (χ1v) is 7.81. The largest absolute Gasteiger partial charge is 0.426 e. The topological polar surface area (TPSA) is 69.7 Å². The Morgan fingerprint density at radius 1 is 0.958 bits per heavy atom. The number of hydrogen-bond acceptors (Lipinski definition) is 5. The highest BCUT2D eigenvalue weighted by atomic mass is 79.9. The third kappa shape index (κ3) is 4.29. The SMILES string of the molecule is CC(=O)Oc1[c]c(C)c(C(=O)c2ccc(Br)cc2OC(C)=O)cc1. The van der Waals surface area contributed by atoms with Gasteiger partial charge in [0.1, 0.15) is 11.5 Å². The second-order valence-electron chi connectivity index (χ2n) is 5.02. The summed E-state index contributed by atoms with van der Waals surface area (Å²) in [5.41, 5.74) is 1.15. The van der Waals surface area contributed by atoms with E-state index >= 15 is 0 Å². The van der Waals surface area contributed by atoms with Gasteiger partial charge >= 0.3 is 11.9 Å². The van der Waals surface area contributed by atoms with Crippen molar-refractivity contribution in [3.05, 3.63) is 57.6 Å². The van der Waals surface area contributed by atoms with Crippen LogP contribution in [0.5, 0.6) is 11.5 Å². The summed E-state index contributed by atoms with van der Waals surface area (Å²) in [6, 6.07) is 10.7. The van der Waals surface area contributed by atoms with E-state index in [0.29, 0.717) is 15.6 Å². The number of benzene rings is 2. The second kappa shape index (κ2) is 7.40. The van der Waals surface area contributed by atoms with Gasteiger partial charge in [0.05, 0.1) is 5.56 Å². The molecule has 0 N–H and O–H groups in total. The minimum Gasteiger partial charge on any atom is -0.426 e. The van der Waals surface area contributed by atoms with Crippen molar-refractivity contribution in [3.8, 4) is 11.5 Å². The highest BCUT2D eigenvalue weighted by molar-refractivity contribution is 9.10. The summed E-state index contributed by atoms with van der Waals surface area (Å²) in [4.78, 5) is 35.0. The van der Waals surface area contributed by atoms with Crippen molar-refractivity contribution < 1.29 is 23.9 Å². The lowest BCUT2D eigenvalue weighted by Crippen LogP contribution is -2.10. The Bertz CT molecular complexity index is 826. The van der Waals surface area contributed by atoms with E-state index in [1.807, 2.05) is 0 Å². The van der Waals surface area contributed by atoms with Crippen molar-refractivity contribution in [1.29, 1.82) is 0 Å². The van der Waals surface area contributed by atoms with E-state index in [-0.39, 0.29) is 22.8 Å². The molecule has 0 saturated heterocycles. The van der Waals surface area contributed by atoms with Gasteiger partial charge in [0.25, 0.3) is 0 Å². The Morgan fingerprint density at radius 3 is 2.17 bits per heavy atom. The molecule has 0 fully saturated rings. The van der Waals surface area contributed by atoms with E-state index in [9.17, 15) is 14.4 Å². The molecule has 2 aromatic rings. The van der Waals surface area contributed by atoms with Crippen LogP contribution in [-0.4, -0.2) is 17.7 Å². The first kappa shape index (κ1) is 17.9. The highest BCUT2D eigenvalue weighted by Crippen LogP contribution is 2.28. The molecule has 6 heteroatoms. The Labute approximate surface area is 147 Å².